The Bertz CT molecular complexity index is 838. The molecule has 23 heavy (non-hydrogen) atoms. The normalized spacial score (nSPS) is 11.4. The first-order valence-corrected chi connectivity index (χ1v) is 6.83. The SMILES string of the molecule is O=C(C=C(O)c1nc[nH]n1)c1ccoc1Oc1ccc(Cl)cc1. The number of rotatable bonds is 5. The molecule has 2 aromatic heterocycles. The maximum Gasteiger partial charge on any atom is 0.301 e. The number of benzene rings is 1. The van der Waals surface area contributed by atoms with Crippen LogP contribution in [0.3, 0.4) is 0 Å². The molecule has 0 atom stereocenters. The minimum atomic E-state index is -0.509. The molecule has 116 valence electrons. The van der Waals surface area contributed by atoms with Crippen molar-refractivity contribution in [1.82, 2.24) is 15.2 Å². The molecule has 0 aliphatic carbocycles. The van der Waals surface area contributed by atoms with Gasteiger partial charge in [0.2, 0.25) is 5.82 Å². The number of H-pyrrole nitrogens is 1. The van der Waals surface area contributed by atoms with Gasteiger partial charge in [-0.05, 0) is 30.3 Å². The minimum Gasteiger partial charge on any atom is -0.504 e. The van der Waals surface area contributed by atoms with Crippen LogP contribution in [0.15, 0.2) is 53.4 Å². The summed E-state index contributed by atoms with van der Waals surface area (Å²) in [7, 11) is 0. The van der Waals surface area contributed by atoms with Gasteiger partial charge in [0, 0.05) is 11.1 Å². The zero-order valence-corrected chi connectivity index (χ0v) is 12.3. The van der Waals surface area contributed by atoms with Crippen LogP contribution in [-0.4, -0.2) is 26.1 Å². The lowest BCUT2D eigenvalue weighted by Gasteiger charge is -2.03. The molecule has 0 unspecified atom stereocenters. The minimum absolute atomic E-state index is 0.0105. The summed E-state index contributed by atoms with van der Waals surface area (Å²) in [6.45, 7) is 0. The molecule has 0 radical (unpaired) electrons. The predicted octanol–water partition coefficient (Wildman–Crippen LogP) is 3.63. The molecule has 0 fully saturated rings. The number of furan rings is 1. The van der Waals surface area contributed by atoms with Crippen molar-refractivity contribution in [1.29, 1.82) is 0 Å². The topological polar surface area (TPSA) is 101 Å². The van der Waals surface area contributed by atoms with Crippen molar-refractivity contribution in [3.8, 4) is 11.7 Å². The molecule has 2 N–H and O–H groups in total. The number of aromatic amines is 1. The van der Waals surface area contributed by atoms with Gasteiger partial charge in [-0.3, -0.25) is 9.89 Å². The first-order chi connectivity index (χ1) is 11.1. The van der Waals surface area contributed by atoms with Gasteiger partial charge >= 0.3 is 5.95 Å². The van der Waals surface area contributed by atoms with E-state index in [0.29, 0.717) is 10.8 Å². The largest absolute Gasteiger partial charge is 0.504 e. The maximum atomic E-state index is 12.2. The van der Waals surface area contributed by atoms with Crippen LogP contribution in [0.5, 0.6) is 11.7 Å². The van der Waals surface area contributed by atoms with Gasteiger partial charge in [-0.15, -0.1) is 0 Å². The molecule has 0 aliphatic heterocycles. The third-order valence-corrected chi connectivity index (χ3v) is 3.08. The van der Waals surface area contributed by atoms with E-state index >= 15 is 0 Å². The van der Waals surface area contributed by atoms with Gasteiger partial charge in [0.25, 0.3) is 0 Å². The first-order valence-electron chi connectivity index (χ1n) is 6.45. The molecular formula is C15H10ClN3O4. The van der Waals surface area contributed by atoms with Crippen molar-refractivity contribution in [2.24, 2.45) is 0 Å². The number of nitrogens with zero attached hydrogens (tertiary/aromatic N) is 2. The summed E-state index contributed by atoms with van der Waals surface area (Å²) in [6.07, 6.45) is 3.59. The standard InChI is InChI=1S/C15H10ClN3O4/c16-9-1-3-10(4-2-9)23-15-11(5-6-22-15)12(20)7-13(21)14-17-8-18-19-14/h1-8,21H,(H,17,18,19). The zero-order chi connectivity index (χ0) is 16.2. The van der Waals surface area contributed by atoms with Crippen LogP contribution in [-0.2, 0) is 0 Å². The van der Waals surface area contributed by atoms with Gasteiger partial charge in [0.15, 0.2) is 11.5 Å². The van der Waals surface area contributed by atoms with Crippen LogP contribution in [0.25, 0.3) is 5.76 Å². The summed E-state index contributed by atoms with van der Waals surface area (Å²) in [5.41, 5.74) is 0.155. The molecule has 0 spiro atoms. The zero-order valence-electron chi connectivity index (χ0n) is 11.6. The van der Waals surface area contributed by atoms with E-state index in [1.165, 1.54) is 18.7 Å². The van der Waals surface area contributed by atoms with E-state index < -0.39 is 5.78 Å². The molecule has 0 saturated carbocycles. The lowest BCUT2D eigenvalue weighted by molar-refractivity contribution is 0.104. The van der Waals surface area contributed by atoms with Gasteiger partial charge in [-0.2, -0.15) is 5.10 Å². The van der Waals surface area contributed by atoms with Crippen molar-refractivity contribution >= 4 is 23.1 Å². The molecule has 0 amide bonds. The molecule has 8 heteroatoms. The summed E-state index contributed by atoms with van der Waals surface area (Å²) < 4.78 is 10.7. The Kier molecular flexibility index (Phi) is 4.11. The Labute approximate surface area is 135 Å². The van der Waals surface area contributed by atoms with Crippen LogP contribution in [0.2, 0.25) is 5.02 Å². The maximum absolute atomic E-state index is 12.2. The Balaban J connectivity index is 1.81. The molecule has 0 bridgehead atoms. The van der Waals surface area contributed by atoms with E-state index in [9.17, 15) is 9.90 Å². The number of aliphatic hydroxyl groups is 1. The number of hydrogen-bond acceptors (Lipinski definition) is 6. The summed E-state index contributed by atoms with van der Waals surface area (Å²) in [5.74, 6) is -0.390. The van der Waals surface area contributed by atoms with Crippen molar-refractivity contribution in [3.05, 3.63) is 65.4 Å². The number of carbonyl (C=O) groups excluding carboxylic acids is 1. The molecule has 0 saturated heterocycles. The number of ether oxygens (including phenoxy) is 1. The predicted molar refractivity (Wildman–Crippen MR) is 81.6 cm³/mol. The third kappa shape index (κ3) is 3.41. The average molecular weight is 332 g/mol. The van der Waals surface area contributed by atoms with Crippen molar-refractivity contribution in [2.45, 2.75) is 0 Å². The fraction of sp³-hybridized carbons (Fsp3) is 0. The summed E-state index contributed by atoms with van der Waals surface area (Å²) in [5, 5.41) is 16.5. The highest BCUT2D eigenvalue weighted by Gasteiger charge is 2.17. The highest BCUT2D eigenvalue weighted by Crippen LogP contribution is 2.28. The van der Waals surface area contributed by atoms with E-state index in [2.05, 4.69) is 15.2 Å². The molecular weight excluding hydrogens is 322 g/mol. The van der Waals surface area contributed by atoms with E-state index in [0.717, 1.165) is 6.08 Å². The van der Waals surface area contributed by atoms with E-state index in [1.54, 1.807) is 24.3 Å². The molecule has 3 rings (SSSR count). The molecule has 1 aromatic carbocycles. The fourth-order valence-corrected chi connectivity index (χ4v) is 1.89. The van der Waals surface area contributed by atoms with E-state index in [-0.39, 0.29) is 23.1 Å². The van der Waals surface area contributed by atoms with Gasteiger partial charge in [-0.1, -0.05) is 11.6 Å². The molecule has 3 aromatic rings. The quantitative estimate of drug-likeness (QED) is 0.420. The van der Waals surface area contributed by atoms with Crippen LogP contribution in [0, 0.1) is 0 Å². The summed E-state index contributed by atoms with van der Waals surface area (Å²) >= 11 is 5.80. The lowest BCUT2D eigenvalue weighted by Crippen LogP contribution is -1.98. The van der Waals surface area contributed by atoms with Crippen LogP contribution in [0.1, 0.15) is 16.2 Å². The van der Waals surface area contributed by atoms with Gasteiger partial charge < -0.3 is 14.3 Å². The second-order valence-corrected chi connectivity index (χ2v) is 4.83. The Hall–Kier alpha value is -3.06. The molecule has 7 nitrogen and oxygen atoms in total. The van der Waals surface area contributed by atoms with Crippen molar-refractivity contribution < 1.29 is 19.1 Å². The van der Waals surface area contributed by atoms with Crippen LogP contribution in [0.4, 0.5) is 0 Å². The number of nitrogens with one attached hydrogen (secondary N) is 1. The molecule has 2 heterocycles. The van der Waals surface area contributed by atoms with Crippen LogP contribution >= 0.6 is 11.6 Å². The number of aromatic nitrogens is 3. The highest BCUT2D eigenvalue weighted by molar-refractivity contribution is 6.30. The van der Waals surface area contributed by atoms with Crippen molar-refractivity contribution in [3.63, 3.8) is 0 Å². The molecule has 0 aliphatic rings. The summed E-state index contributed by atoms with van der Waals surface area (Å²) in [6, 6.07) is 8.02. The van der Waals surface area contributed by atoms with Gasteiger partial charge in [0.05, 0.1) is 6.26 Å². The smallest absolute Gasteiger partial charge is 0.301 e. The summed E-state index contributed by atoms with van der Waals surface area (Å²) in [4.78, 5) is 16.0. The Morgan fingerprint density at radius 1 is 1.30 bits per heavy atom. The van der Waals surface area contributed by atoms with Crippen molar-refractivity contribution in [2.75, 3.05) is 0 Å². The number of carbonyl (C=O) groups is 1. The van der Waals surface area contributed by atoms with E-state index in [1.807, 2.05) is 0 Å². The second-order valence-electron chi connectivity index (χ2n) is 4.39. The Morgan fingerprint density at radius 3 is 2.78 bits per heavy atom. The Morgan fingerprint density at radius 2 is 2.09 bits per heavy atom. The fourth-order valence-electron chi connectivity index (χ4n) is 1.77. The average Bonchev–Trinajstić information content (AvgIpc) is 3.20. The van der Waals surface area contributed by atoms with Gasteiger partial charge in [-0.25, -0.2) is 4.98 Å². The number of ketones is 1. The number of allylic oxidation sites excluding steroid dienone is 1. The number of aliphatic hydroxyl groups excluding tert-OH is 1. The van der Waals surface area contributed by atoms with Crippen LogP contribution < -0.4 is 4.74 Å². The lowest BCUT2D eigenvalue weighted by atomic mass is 10.2. The highest BCUT2D eigenvalue weighted by atomic mass is 35.5. The second kappa shape index (κ2) is 6.37. The number of halogens is 1. The number of hydrogen-bond donors (Lipinski definition) is 2. The monoisotopic (exact) mass is 331 g/mol. The third-order valence-electron chi connectivity index (χ3n) is 2.83. The first kappa shape index (κ1) is 14.9. The van der Waals surface area contributed by atoms with E-state index in [4.69, 9.17) is 20.8 Å². The van der Waals surface area contributed by atoms with Gasteiger partial charge in [0.1, 0.15) is 17.6 Å².